The summed E-state index contributed by atoms with van der Waals surface area (Å²) in [6.07, 6.45) is 1.05. The highest BCUT2D eigenvalue weighted by molar-refractivity contribution is 5.35. The zero-order valence-electron chi connectivity index (χ0n) is 11.5. The van der Waals surface area contributed by atoms with E-state index in [-0.39, 0.29) is 12.0 Å². The quantitative estimate of drug-likeness (QED) is 0.880. The molecule has 1 atom stereocenters. The molecular formula is C14H19N5. The Morgan fingerprint density at radius 3 is 2.42 bits per heavy atom. The summed E-state index contributed by atoms with van der Waals surface area (Å²) in [5, 5.41) is 3.24. The number of aromatic nitrogens is 3. The SMILES string of the molecule is CCc1ccc(C(C)Nc2nc(C)nc(N)n2)cc1. The van der Waals surface area contributed by atoms with Crippen LogP contribution in [0.1, 0.15) is 36.8 Å². The van der Waals surface area contributed by atoms with Gasteiger partial charge in [-0.15, -0.1) is 0 Å². The normalized spacial score (nSPS) is 12.2. The van der Waals surface area contributed by atoms with Crippen LogP contribution < -0.4 is 11.1 Å². The maximum atomic E-state index is 5.61. The van der Waals surface area contributed by atoms with Crippen molar-refractivity contribution in [2.45, 2.75) is 33.2 Å². The van der Waals surface area contributed by atoms with Crippen LogP contribution >= 0.6 is 0 Å². The second kappa shape index (κ2) is 5.65. The van der Waals surface area contributed by atoms with Crippen molar-refractivity contribution in [3.63, 3.8) is 0 Å². The molecule has 0 aliphatic rings. The van der Waals surface area contributed by atoms with Gasteiger partial charge >= 0.3 is 0 Å². The topological polar surface area (TPSA) is 76.7 Å². The van der Waals surface area contributed by atoms with Crippen LogP contribution in [0.2, 0.25) is 0 Å². The Balaban J connectivity index is 2.13. The number of hydrogen-bond acceptors (Lipinski definition) is 5. The van der Waals surface area contributed by atoms with Gasteiger partial charge in [0.15, 0.2) is 0 Å². The monoisotopic (exact) mass is 257 g/mol. The molecule has 19 heavy (non-hydrogen) atoms. The lowest BCUT2D eigenvalue weighted by Gasteiger charge is -2.15. The lowest BCUT2D eigenvalue weighted by Crippen LogP contribution is -2.12. The highest BCUT2D eigenvalue weighted by Gasteiger charge is 2.08. The number of nitrogen functional groups attached to an aromatic ring is 1. The number of nitrogens with two attached hydrogens (primary N) is 1. The number of rotatable bonds is 4. The number of benzene rings is 1. The smallest absolute Gasteiger partial charge is 0.228 e. The van der Waals surface area contributed by atoms with Gasteiger partial charge in [0.25, 0.3) is 0 Å². The second-order valence-corrected chi connectivity index (χ2v) is 4.53. The predicted octanol–water partition coefficient (Wildman–Crippen LogP) is 2.50. The first-order valence-electron chi connectivity index (χ1n) is 6.42. The molecule has 0 saturated heterocycles. The van der Waals surface area contributed by atoms with E-state index in [1.165, 1.54) is 11.1 Å². The van der Waals surface area contributed by atoms with E-state index in [1.54, 1.807) is 6.92 Å². The number of nitrogens with one attached hydrogen (secondary N) is 1. The van der Waals surface area contributed by atoms with Crippen molar-refractivity contribution in [2.75, 3.05) is 11.1 Å². The summed E-state index contributed by atoms with van der Waals surface area (Å²) in [6, 6.07) is 8.63. The Labute approximate surface area is 113 Å². The van der Waals surface area contributed by atoms with Gasteiger partial charge in [-0.3, -0.25) is 0 Å². The third-order valence-electron chi connectivity index (χ3n) is 3.00. The van der Waals surface area contributed by atoms with Crippen LogP contribution in [0.4, 0.5) is 11.9 Å². The molecule has 0 aliphatic heterocycles. The van der Waals surface area contributed by atoms with Crippen molar-refractivity contribution in [2.24, 2.45) is 0 Å². The molecule has 2 aromatic rings. The van der Waals surface area contributed by atoms with Crippen molar-refractivity contribution in [3.8, 4) is 0 Å². The third-order valence-corrected chi connectivity index (χ3v) is 3.00. The maximum Gasteiger partial charge on any atom is 0.228 e. The number of aryl methyl sites for hydroxylation is 2. The van der Waals surface area contributed by atoms with Crippen molar-refractivity contribution in [3.05, 3.63) is 41.2 Å². The Morgan fingerprint density at radius 2 is 1.84 bits per heavy atom. The Bertz CT molecular complexity index is 530. The van der Waals surface area contributed by atoms with Gasteiger partial charge in [0.05, 0.1) is 6.04 Å². The van der Waals surface area contributed by atoms with Crippen LogP contribution in [-0.4, -0.2) is 15.0 Å². The van der Waals surface area contributed by atoms with E-state index in [9.17, 15) is 0 Å². The maximum absolute atomic E-state index is 5.61. The van der Waals surface area contributed by atoms with E-state index >= 15 is 0 Å². The standard InChI is InChI=1S/C14H19N5/c1-4-11-5-7-12(8-6-11)9(2)16-14-18-10(3)17-13(15)19-14/h5-9H,4H2,1-3H3,(H3,15,16,17,18,19). The summed E-state index contributed by atoms with van der Waals surface area (Å²) < 4.78 is 0. The van der Waals surface area contributed by atoms with Crippen molar-refractivity contribution >= 4 is 11.9 Å². The molecule has 5 heteroatoms. The van der Waals surface area contributed by atoms with Crippen LogP contribution in [0.5, 0.6) is 0 Å². The van der Waals surface area contributed by atoms with E-state index in [4.69, 9.17) is 5.73 Å². The fraction of sp³-hybridized carbons (Fsp3) is 0.357. The molecule has 0 saturated carbocycles. The third kappa shape index (κ3) is 3.40. The fourth-order valence-corrected chi connectivity index (χ4v) is 1.89. The van der Waals surface area contributed by atoms with Gasteiger partial charge in [-0.2, -0.15) is 15.0 Å². The fourth-order valence-electron chi connectivity index (χ4n) is 1.89. The Kier molecular flexibility index (Phi) is 3.94. The highest BCUT2D eigenvalue weighted by atomic mass is 15.2. The lowest BCUT2D eigenvalue weighted by atomic mass is 10.1. The summed E-state index contributed by atoms with van der Waals surface area (Å²) in [6.45, 7) is 6.01. The van der Waals surface area contributed by atoms with Crippen molar-refractivity contribution < 1.29 is 0 Å². The van der Waals surface area contributed by atoms with Crippen molar-refractivity contribution in [1.29, 1.82) is 0 Å². The average Bonchev–Trinajstić information content (AvgIpc) is 2.37. The molecule has 0 bridgehead atoms. The molecule has 1 aromatic heterocycles. The van der Waals surface area contributed by atoms with Gasteiger partial charge in [0, 0.05) is 0 Å². The summed E-state index contributed by atoms with van der Waals surface area (Å²) in [5.74, 6) is 1.36. The van der Waals surface area contributed by atoms with E-state index in [0.29, 0.717) is 11.8 Å². The molecule has 1 aromatic carbocycles. The van der Waals surface area contributed by atoms with Crippen LogP contribution in [-0.2, 0) is 6.42 Å². The first-order valence-corrected chi connectivity index (χ1v) is 6.42. The summed E-state index contributed by atoms with van der Waals surface area (Å²) in [7, 11) is 0. The largest absolute Gasteiger partial charge is 0.368 e. The van der Waals surface area contributed by atoms with Crippen LogP contribution in [0.25, 0.3) is 0 Å². The Morgan fingerprint density at radius 1 is 1.16 bits per heavy atom. The van der Waals surface area contributed by atoms with Crippen LogP contribution in [0.3, 0.4) is 0 Å². The predicted molar refractivity (Wildman–Crippen MR) is 76.8 cm³/mol. The van der Waals surface area contributed by atoms with Gasteiger partial charge in [0.1, 0.15) is 5.82 Å². The van der Waals surface area contributed by atoms with Crippen LogP contribution in [0.15, 0.2) is 24.3 Å². The molecule has 3 N–H and O–H groups in total. The lowest BCUT2D eigenvalue weighted by molar-refractivity contribution is 0.846. The number of anilines is 2. The first-order chi connectivity index (χ1) is 9.08. The second-order valence-electron chi connectivity index (χ2n) is 4.53. The molecule has 1 unspecified atom stereocenters. The minimum atomic E-state index is 0.118. The van der Waals surface area contributed by atoms with E-state index < -0.39 is 0 Å². The zero-order valence-corrected chi connectivity index (χ0v) is 11.5. The van der Waals surface area contributed by atoms with Crippen LogP contribution in [0, 0.1) is 6.92 Å². The molecule has 100 valence electrons. The van der Waals surface area contributed by atoms with E-state index in [0.717, 1.165) is 6.42 Å². The molecule has 2 rings (SSSR count). The molecule has 0 radical (unpaired) electrons. The number of hydrogen-bond donors (Lipinski definition) is 2. The zero-order chi connectivity index (χ0) is 13.8. The number of nitrogens with zero attached hydrogens (tertiary/aromatic N) is 3. The minimum absolute atomic E-state index is 0.118. The van der Waals surface area contributed by atoms with Gasteiger partial charge in [-0.05, 0) is 31.4 Å². The molecule has 0 aliphatic carbocycles. The first kappa shape index (κ1) is 13.3. The van der Waals surface area contributed by atoms with Gasteiger partial charge in [-0.25, -0.2) is 0 Å². The molecular weight excluding hydrogens is 238 g/mol. The average molecular weight is 257 g/mol. The summed E-state index contributed by atoms with van der Waals surface area (Å²) in [5.41, 5.74) is 8.13. The summed E-state index contributed by atoms with van der Waals surface area (Å²) >= 11 is 0. The molecule has 0 fully saturated rings. The molecule has 5 nitrogen and oxygen atoms in total. The van der Waals surface area contributed by atoms with E-state index in [1.807, 2.05) is 0 Å². The van der Waals surface area contributed by atoms with Crippen molar-refractivity contribution in [1.82, 2.24) is 15.0 Å². The highest BCUT2D eigenvalue weighted by Crippen LogP contribution is 2.17. The van der Waals surface area contributed by atoms with Gasteiger partial charge in [-0.1, -0.05) is 31.2 Å². The van der Waals surface area contributed by atoms with Gasteiger partial charge in [0.2, 0.25) is 11.9 Å². The molecule has 1 heterocycles. The Hall–Kier alpha value is -2.17. The minimum Gasteiger partial charge on any atom is -0.368 e. The van der Waals surface area contributed by atoms with E-state index in [2.05, 4.69) is 58.4 Å². The molecule has 0 spiro atoms. The van der Waals surface area contributed by atoms with Gasteiger partial charge < -0.3 is 11.1 Å². The molecule has 0 amide bonds. The summed E-state index contributed by atoms with van der Waals surface area (Å²) in [4.78, 5) is 12.3.